The minimum Gasteiger partial charge on any atom is -0.335 e. The van der Waals surface area contributed by atoms with Gasteiger partial charge in [0.25, 0.3) is 5.56 Å². The zero-order valence-electron chi connectivity index (χ0n) is 12.3. The lowest BCUT2D eigenvalue weighted by Crippen LogP contribution is -2.34. The van der Waals surface area contributed by atoms with E-state index in [0.717, 1.165) is 11.1 Å². The Morgan fingerprint density at radius 1 is 1.09 bits per heavy atom. The summed E-state index contributed by atoms with van der Waals surface area (Å²) in [5, 5.41) is 5.41. The summed E-state index contributed by atoms with van der Waals surface area (Å²) in [6, 6.07) is 12.7. The van der Waals surface area contributed by atoms with E-state index in [1.54, 1.807) is 29.0 Å². The predicted molar refractivity (Wildman–Crippen MR) is 86.7 cm³/mol. The average Bonchev–Trinajstić information content (AvgIpc) is 2.54. The highest BCUT2D eigenvalue weighted by molar-refractivity contribution is 5.73. The normalized spacial score (nSPS) is 10.0. The number of aromatic nitrogens is 1. The molecule has 0 aliphatic heterocycles. The first-order chi connectivity index (χ1) is 10.7. The van der Waals surface area contributed by atoms with Gasteiger partial charge in [-0.1, -0.05) is 36.4 Å². The summed E-state index contributed by atoms with van der Waals surface area (Å²) in [4.78, 5) is 23.1. The molecule has 2 N–H and O–H groups in total. The zero-order valence-corrected chi connectivity index (χ0v) is 12.3. The number of amides is 2. The van der Waals surface area contributed by atoms with Crippen LogP contribution in [0.4, 0.5) is 4.79 Å². The molecule has 22 heavy (non-hydrogen) atoms. The van der Waals surface area contributed by atoms with E-state index in [1.807, 2.05) is 30.3 Å². The Bertz CT molecular complexity index is 690. The van der Waals surface area contributed by atoms with Crippen LogP contribution in [-0.2, 0) is 13.1 Å². The lowest BCUT2D eigenvalue weighted by atomic mass is 10.1. The number of pyridine rings is 1. The molecule has 0 saturated heterocycles. The van der Waals surface area contributed by atoms with Gasteiger partial charge in [-0.3, -0.25) is 4.79 Å². The van der Waals surface area contributed by atoms with Gasteiger partial charge in [-0.2, -0.15) is 0 Å². The number of hydrogen-bond acceptors (Lipinski definition) is 2. The summed E-state index contributed by atoms with van der Waals surface area (Å²) in [5.41, 5.74) is 2.01. The monoisotopic (exact) mass is 297 g/mol. The van der Waals surface area contributed by atoms with Crippen molar-refractivity contribution in [3.05, 3.63) is 82.8 Å². The molecule has 2 amide bonds. The molecule has 0 atom stereocenters. The van der Waals surface area contributed by atoms with Crippen molar-refractivity contribution in [1.29, 1.82) is 0 Å². The number of rotatable bonds is 6. The Morgan fingerprint density at radius 2 is 1.82 bits per heavy atom. The van der Waals surface area contributed by atoms with E-state index in [2.05, 4.69) is 17.2 Å². The second-order valence-corrected chi connectivity index (χ2v) is 4.84. The van der Waals surface area contributed by atoms with E-state index in [4.69, 9.17) is 0 Å². The van der Waals surface area contributed by atoms with Crippen molar-refractivity contribution < 1.29 is 4.79 Å². The van der Waals surface area contributed by atoms with Crippen molar-refractivity contribution in [1.82, 2.24) is 15.2 Å². The molecule has 0 radical (unpaired) electrons. The third-order valence-electron chi connectivity index (χ3n) is 3.13. The molecule has 0 aliphatic rings. The van der Waals surface area contributed by atoms with Crippen LogP contribution in [-0.4, -0.2) is 17.1 Å². The maximum atomic E-state index is 11.7. The second kappa shape index (κ2) is 7.83. The van der Waals surface area contributed by atoms with Crippen molar-refractivity contribution in [2.45, 2.75) is 13.1 Å². The fraction of sp³-hybridized carbons (Fsp3) is 0.176. The molecule has 2 aromatic rings. The largest absolute Gasteiger partial charge is 0.335 e. The topological polar surface area (TPSA) is 63.1 Å². The summed E-state index contributed by atoms with van der Waals surface area (Å²) in [5.74, 6) is 0. The Hall–Kier alpha value is -2.82. The standard InChI is InChI=1S/C17H19N3O2/c1-2-10-18-17(22)19-12-14-6-8-15(9-7-14)13-20-11-4-3-5-16(20)21/h2-9,11H,1,10,12-13H2,(H2,18,19,22). The van der Waals surface area contributed by atoms with Gasteiger partial charge in [0.1, 0.15) is 0 Å². The molecule has 0 bridgehead atoms. The van der Waals surface area contributed by atoms with E-state index in [9.17, 15) is 9.59 Å². The summed E-state index contributed by atoms with van der Waals surface area (Å²) >= 11 is 0. The lowest BCUT2D eigenvalue weighted by molar-refractivity contribution is 0.241. The maximum absolute atomic E-state index is 11.7. The van der Waals surface area contributed by atoms with Gasteiger partial charge in [0, 0.05) is 25.4 Å². The van der Waals surface area contributed by atoms with Crippen LogP contribution in [0.5, 0.6) is 0 Å². The summed E-state index contributed by atoms with van der Waals surface area (Å²) in [7, 11) is 0. The molecule has 0 unspecified atom stereocenters. The first-order valence-corrected chi connectivity index (χ1v) is 7.05. The lowest BCUT2D eigenvalue weighted by Gasteiger charge is -2.08. The molecule has 1 aromatic heterocycles. The average molecular weight is 297 g/mol. The highest BCUT2D eigenvalue weighted by Gasteiger charge is 2.00. The van der Waals surface area contributed by atoms with E-state index in [1.165, 1.54) is 0 Å². The molecule has 1 aromatic carbocycles. The fourth-order valence-corrected chi connectivity index (χ4v) is 1.96. The number of hydrogen-bond donors (Lipinski definition) is 2. The molecule has 0 saturated carbocycles. The third kappa shape index (κ3) is 4.63. The SMILES string of the molecule is C=CCNC(=O)NCc1ccc(Cn2ccccc2=O)cc1. The van der Waals surface area contributed by atoms with Gasteiger partial charge in [-0.15, -0.1) is 6.58 Å². The molecular formula is C17H19N3O2. The van der Waals surface area contributed by atoms with Gasteiger partial charge in [0.2, 0.25) is 0 Å². The smallest absolute Gasteiger partial charge is 0.315 e. The second-order valence-electron chi connectivity index (χ2n) is 4.84. The van der Waals surface area contributed by atoms with Crippen LogP contribution in [0.1, 0.15) is 11.1 Å². The van der Waals surface area contributed by atoms with Crippen LogP contribution in [0.25, 0.3) is 0 Å². The van der Waals surface area contributed by atoms with Crippen molar-refractivity contribution >= 4 is 6.03 Å². The number of nitrogens with zero attached hydrogens (tertiary/aromatic N) is 1. The summed E-state index contributed by atoms with van der Waals surface area (Å²) in [6.45, 7) is 4.96. The Balaban J connectivity index is 1.90. The first kappa shape index (κ1) is 15.6. The van der Waals surface area contributed by atoms with Crippen LogP contribution in [0.2, 0.25) is 0 Å². The minimum atomic E-state index is -0.222. The predicted octanol–water partition coefficient (Wildman–Crippen LogP) is 1.88. The van der Waals surface area contributed by atoms with Gasteiger partial charge in [0.05, 0.1) is 6.54 Å². The Kier molecular flexibility index (Phi) is 5.54. The van der Waals surface area contributed by atoms with Gasteiger partial charge in [-0.25, -0.2) is 4.79 Å². The van der Waals surface area contributed by atoms with E-state index in [-0.39, 0.29) is 11.6 Å². The molecular weight excluding hydrogens is 278 g/mol. The Morgan fingerprint density at radius 3 is 2.50 bits per heavy atom. The van der Waals surface area contributed by atoms with Gasteiger partial charge in [0.15, 0.2) is 0 Å². The Labute approximate surface area is 129 Å². The van der Waals surface area contributed by atoms with Crippen LogP contribution in [0.3, 0.4) is 0 Å². The van der Waals surface area contributed by atoms with Gasteiger partial charge < -0.3 is 15.2 Å². The van der Waals surface area contributed by atoms with Gasteiger partial charge >= 0.3 is 6.03 Å². The molecule has 0 fully saturated rings. The molecule has 5 nitrogen and oxygen atoms in total. The fourth-order valence-electron chi connectivity index (χ4n) is 1.96. The van der Waals surface area contributed by atoms with Crippen molar-refractivity contribution in [2.24, 2.45) is 0 Å². The first-order valence-electron chi connectivity index (χ1n) is 7.05. The van der Waals surface area contributed by atoms with Crippen molar-refractivity contribution in [3.8, 4) is 0 Å². The van der Waals surface area contributed by atoms with E-state index < -0.39 is 0 Å². The molecule has 1 heterocycles. The van der Waals surface area contributed by atoms with E-state index in [0.29, 0.717) is 19.6 Å². The van der Waals surface area contributed by atoms with Crippen LogP contribution in [0, 0.1) is 0 Å². The number of benzene rings is 1. The highest BCUT2D eigenvalue weighted by Crippen LogP contribution is 2.05. The minimum absolute atomic E-state index is 0.0212. The third-order valence-corrected chi connectivity index (χ3v) is 3.13. The zero-order chi connectivity index (χ0) is 15.8. The van der Waals surface area contributed by atoms with Crippen LogP contribution >= 0.6 is 0 Å². The molecule has 2 rings (SSSR count). The van der Waals surface area contributed by atoms with Crippen LogP contribution in [0.15, 0.2) is 66.1 Å². The number of carbonyl (C=O) groups excluding carboxylic acids is 1. The quantitative estimate of drug-likeness (QED) is 0.800. The molecule has 5 heteroatoms. The summed E-state index contributed by atoms with van der Waals surface area (Å²) in [6.07, 6.45) is 3.39. The van der Waals surface area contributed by atoms with Crippen LogP contribution < -0.4 is 16.2 Å². The molecule has 114 valence electrons. The number of urea groups is 1. The molecule has 0 spiro atoms. The van der Waals surface area contributed by atoms with Crippen molar-refractivity contribution in [2.75, 3.05) is 6.54 Å². The van der Waals surface area contributed by atoms with Gasteiger partial charge in [-0.05, 0) is 17.2 Å². The number of nitrogens with one attached hydrogen (secondary N) is 2. The van der Waals surface area contributed by atoms with Crippen molar-refractivity contribution in [3.63, 3.8) is 0 Å². The number of carbonyl (C=O) groups is 1. The summed E-state index contributed by atoms with van der Waals surface area (Å²) < 4.78 is 1.65. The molecule has 0 aliphatic carbocycles. The highest BCUT2D eigenvalue weighted by atomic mass is 16.2. The van der Waals surface area contributed by atoms with E-state index >= 15 is 0 Å². The maximum Gasteiger partial charge on any atom is 0.315 e.